The fourth-order valence-corrected chi connectivity index (χ4v) is 4.10. The third-order valence-corrected chi connectivity index (χ3v) is 5.81. The lowest BCUT2D eigenvalue weighted by atomic mass is 10.1. The molecular formula is C22H26ClN5O6S. The van der Waals surface area contributed by atoms with E-state index in [1.165, 1.54) is 44.3 Å². The second kappa shape index (κ2) is 11.3. The van der Waals surface area contributed by atoms with E-state index in [2.05, 4.69) is 20.0 Å². The van der Waals surface area contributed by atoms with Gasteiger partial charge < -0.3 is 24.6 Å². The molecular weight excluding hydrogens is 498 g/mol. The summed E-state index contributed by atoms with van der Waals surface area (Å²) in [6.45, 7) is -0.0598. The molecule has 3 N–H and O–H groups in total. The van der Waals surface area contributed by atoms with Crippen LogP contribution in [0.25, 0.3) is 0 Å². The normalized spacial score (nSPS) is 11.0. The molecule has 0 saturated heterocycles. The first-order valence-electron chi connectivity index (χ1n) is 10.2. The molecule has 0 aliphatic rings. The molecule has 0 spiro atoms. The highest BCUT2D eigenvalue weighted by Crippen LogP contribution is 2.43. The number of aliphatic hydroxyl groups excluding tert-OH is 1. The number of nitrogens with zero attached hydrogens (tertiary/aromatic N) is 3. The van der Waals surface area contributed by atoms with Crippen molar-refractivity contribution >= 4 is 50.4 Å². The van der Waals surface area contributed by atoms with Gasteiger partial charge in [0.25, 0.3) is 0 Å². The largest absolute Gasteiger partial charge is 0.497 e. The van der Waals surface area contributed by atoms with E-state index in [4.69, 9.17) is 26.0 Å². The van der Waals surface area contributed by atoms with Crippen molar-refractivity contribution in [2.45, 2.75) is 6.42 Å². The lowest BCUT2D eigenvalue weighted by molar-refractivity contribution is 0.296. The highest BCUT2D eigenvalue weighted by molar-refractivity contribution is 7.92. The summed E-state index contributed by atoms with van der Waals surface area (Å²) in [6, 6.07) is 8.26. The van der Waals surface area contributed by atoms with Gasteiger partial charge in [0, 0.05) is 36.1 Å². The van der Waals surface area contributed by atoms with Crippen LogP contribution >= 0.6 is 11.8 Å². The molecule has 1 aromatic heterocycles. The van der Waals surface area contributed by atoms with Gasteiger partial charge in [-0.1, -0.05) is 0 Å². The average molecular weight is 524 g/mol. The Hall–Kier alpha value is -3.48. The molecule has 3 aromatic rings. The van der Waals surface area contributed by atoms with Crippen molar-refractivity contribution in [1.82, 2.24) is 9.97 Å². The maximum absolute atomic E-state index is 11.9. The Balaban J connectivity index is 2.05. The lowest BCUT2D eigenvalue weighted by Crippen LogP contribution is -2.13. The van der Waals surface area contributed by atoms with Crippen LogP contribution in [-0.4, -0.2) is 57.7 Å². The summed E-state index contributed by atoms with van der Waals surface area (Å²) in [5, 5.41) is 12.5. The van der Waals surface area contributed by atoms with Gasteiger partial charge in [-0.25, -0.2) is 22.8 Å². The molecule has 0 radical (unpaired) electrons. The Morgan fingerprint density at radius 1 is 1.03 bits per heavy atom. The number of benzene rings is 2. The number of nitrogens with one attached hydrogen (secondary N) is 2. The highest BCUT2D eigenvalue weighted by atomic mass is 35.5. The molecule has 188 valence electrons. The predicted molar refractivity (Wildman–Crippen MR) is 135 cm³/mol. The van der Waals surface area contributed by atoms with Gasteiger partial charge in [-0.15, -0.1) is 0 Å². The van der Waals surface area contributed by atoms with Crippen LogP contribution in [0.3, 0.4) is 0 Å². The second-order valence-corrected chi connectivity index (χ2v) is 9.34. The lowest BCUT2D eigenvalue weighted by Gasteiger charge is -2.23. The van der Waals surface area contributed by atoms with E-state index >= 15 is 0 Å². The highest BCUT2D eigenvalue weighted by Gasteiger charge is 2.21. The van der Waals surface area contributed by atoms with Crippen molar-refractivity contribution in [2.24, 2.45) is 0 Å². The summed E-state index contributed by atoms with van der Waals surface area (Å²) >= 11 is 6.74. The number of hydrogen-bond donors (Lipinski definition) is 3. The van der Waals surface area contributed by atoms with Gasteiger partial charge in [-0.3, -0.25) is 4.72 Å². The predicted octanol–water partition coefficient (Wildman–Crippen LogP) is 3.44. The molecule has 11 nitrogen and oxygen atoms in total. The van der Waals surface area contributed by atoms with Gasteiger partial charge in [-0.2, -0.15) is 0 Å². The SMILES string of the molecule is COc1ccc(Nc2ncncc2N(Cl)c2cc(OC)c(CCO)cc2OC)c(NS(C)(=O)=O)c1. The minimum absolute atomic E-state index is 0.0598. The number of anilines is 5. The zero-order valence-electron chi connectivity index (χ0n) is 19.6. The first kappa shape index (κ1) is 26.1. The maximum atomic E-state index is 11.9. The van der Waals surface area contributed by atoms with Gasteiger partial charge in [0.15, 0.2) is 5.82 Å². The summed E-state index contributed by atoms with van der Waals surface area (Å²) in [4.78, 5) is 8.36. The second-order valence-electron chi connectivity index (χ2n) is 7.26. The molecule has 0 aliphatic carbocycles. The fraction of sp³-hybridized carbons (Fsp3) is 0.273. The summed E-state index contributed by atoms with van der Waals surface area (Å²) < 4.78 is 43.7. The van der Waals surface area contributed by atoms with Crippen LogP contribution in [0.2, 0.25) is 0 Å². The topological polar surface area (TPSA) is 135 Å². The van der Waals surface area contributed by atoms with E-state index in [1.807, 2.05) is 0 Å². The summed E-state index contributed by atoms with van der Waals surface area (Å²) in [7, 11) is 0.923. The molecule has 0 fully saturated rings. The molecule has 3 rings (SSSR count). The average Bonchev–Trinajstić information content (AvgIpc) is 2.84. The maximum Gasteiger partial charge on any atom is 0.229 e. The van der Waals surface area contributed by atoms with E-state index in [0.717, 1.165) is 11.8 Å². The molecule has 0 amide bonds. The van der Waals surface area contributed by atoms with Gasteiger partial charge in [0.1, 0.15) is 35.0 Å². The molecule has 2 aromatic carbocycles. The Morgan fingerprint density at radius 3 is 2.40 bits per heavy atom. The standard InChI is InChI=1S/C22H26ClN5O6S/c1-32-15-5-6-16(17(10-15)27-35(4,30)31)26-22-19(12-24-13-25-22)28(23)18-11-20(33-2)14(7-8-29)9-21(18)34-3/h5-6,9-13,27,29H,7-8H2,1-4H3,(H,24,25,26). The number of ether oxygens (including phenoxy) is 3. The molecule has 0 bridgehead atoms. The van der Waals surface area contributed by atoms with Gasteiger partial charge in [-0.05, 0) is 24.6 Å². The molecule has 0 saturated carbocycles. The molecule has 35 heavy (non-hydrogen) atoms. The van der Waals surface area contributed by atoms with Crippen LogP contribution in [0.4, 0.5) is 28.6 Å². The monoisotopic (exact) mass is 523 g/mol. The molecule has 13 heteroatoms. The minimum atomic E-state index is -3.58. The summed E-state index contributed by atoms with van der Waals surface area (Å²) in [5.74, 6) is 1.70. The van der Waals surface area contributed by atoms with Crippen LogP contribution in [0.15, 0.2) is 42.9 Å². The third-order valence-electron chi connectivity index (χ3n) is 4.85. The number of sulfonamides is 1. The van der Waals surface area contributed by atoms with E-state index in [-0.39, 0.29) is 18.1 Å². The minimum Gasteiger partial charge on any atom is -0.497 e. The Bertz CT molecular complexity index is 1290. The number of rotatable bonds is 11. The van der Waals surface area contributed by atoms with Gasteiger partial charge in [0.05, 0.1) is 45.2 Å². The van der Waals surface area contributed by atoms with Crippen LogP contribution < -0.4 is 28.7 Å². The fourth-order valence-electron chi connectivity index (χ4n) is 3.28. The molecule has 0 unspecified atom stereocenters. The zero-order chi connectivity index (χ0) is 25.6. The molecule has 0 aliphatic heterocycles. The zero-order valence-corrected chi connectivity index (χ0v) is 21.1. The summed E-state index contributed by atoms with van der Waals surface area (Å²) in [5.41, 5.74) is 2.20. The Morgan fingerprint density at radius 2 is 1.77 bits per heavy atom. The third kappa shape index (κ3) is 6.35. The van der Waals surface area contributed by atoms with E-state index in [9.17, 15) is 13.5 Å². The van der Waals surface area contributed by atoms with Crippen LogP contribution in [0.1, 0.15) is 5.56 Å². The first-order chi connectivity index (χ1) is 16.7. The van der Waals surface area contributed by atoms with Crippen molar-refractivity contribution in [3.63, 3.8) is 0 Å². The smallest absolute Gasteiger partial charge is 0.229 e. The molecule has 0 atom stereocenters. The van der Waals surface area contributed by atoms with E-state index in [1.54, 1.807) is 24.3 Å². The Kier molecular flexibility index (Phi) is 8.43. The molecule has 1 heterocycles. The first-order valence-corrected chi connectivity index (χ1v) is 12.5. The van der Waals surface area contributed by atoms with Crippen LogP contribution in [0.5, 0.6) is 17.2 Å². The quantitative estimate of drug-likeness (QED) is 0.321. The van der Waals surface area contributed by atoms with Gasteiger partial charge >= 0.3 is 0 Å². The number of methoxy groups -OCH3 is 3. The van der Waals surface area contributed by atoms with Crippen LogP contribution in [0, 0.1) is 0 Å². The van der Waals surface area contributed by atoms with Crippen molar-refractivity contribution in [3.8, 4) is 17.2 Å². The number of hydrogen-bond acceptors (Lipinski definition) is 10. The van der Waals surface area contributed by atoms with E-state index < -0.39 is 10.0 Å². The number of aliphatic hydroxyl groups is 1. The van der Waals surface area contributed by atoms with Crippen molar-refractivity contribution in [1.29, 1.82) is 0 Å². The van der Waals surface area contributed by atoms with Gasteiger partial charge in [0.2, 0.25) is 10.0 Å². The van der Waals surface area contributed by atoms with Crippen molar-refractivity contribution in [3.05, 3.63) is 48.4 Å². The van der Waals surface area contributed by atoms with Crippen LogP contribution in [-0.2, 0) is 16.4 Å². The van der Waals surface area contributed by atoms with E-state index in [0.29, 0.717) is 40.7 Å². The Labute approximate surface area is 208 Å². The van der Waals surface area contributed by atoms with Crippen molar-refractivity contribution < 1.29 is 27.7 Å². The number of halogens is 1. The van der Waals surface area contributed by atoms with Crippen molar-refractivity contribution in [2.75, 3.05) is 48.6 Å². The number of aromatic nitrogens is 2. The summed E-state index contributed by atoms with van der Waals surface area (Å²) in [6.07, 6.45) is 4.24.